The van der Waals surface area contributed by atoms with E-state index in [-0.39, 0.29) is 0 Å². The van der Waals surface area contributed by atoms with Gasteiger partial charge in [0.1, 0.15) is 12.2 Å². The Morgan fingerprint density at radius 1 is 1.38 bits per heavy atom. The Kier molecular flexibility index (Phi) is 6.18. The van der Waals surface area contributed by atoms with Crippen LogP contribution in [0.3, 0.4) is 0 Å². The van der Waals surface area contributed by atoms with Crippen LogP contribution in [0.5, 0.6) is 0 Å². The van der Waals surface area contributed by atoms with Crippen LogP contribution in [0.1, 0.15) is 52.3 Å². The molecule has 5 nitrogen and oxygen atoms in total. The van der Waals surface area contributed by atoms with Gasteiger partial charge in [-0.05, 0) is 37.8 Å². The van der Waals surface area contributed by atoms with Crippen LogP contribution in [0.15, 0.2) is 6.33 Å². The second-order valence-corrected chi connectivity index (χ2v) is 6.66. The molecule has 1 heterocycles. The molecule has 0 aromatic carbocycles. The summed E-state index contributed by atoms with van der Waals surface area (Å²) in [5, 5.41) is 4.38. The fourth-order valence-electron chi connectivity index (χ4n) is 3.50. The molecule has 21 heavy (non-hydrogen) atoms. The van der Waals surface area contributed by atoms with E-state index in [2.05, 4.69) is 40.4 Å². The maximum atomic E-state index is 6.00. The molecule has 0 saturated heterocycles. The second-order valence-electron chi connectivity index (χ2n) is 6.66. The Morgan fingerprint density at radius 2 is 2.14 bits per heavy atom. The highest BCUT2D eigenvalue weighted by Crippen LogP contribution is 2.28. The van der Waals surface area contributed by atoms with Gasteiger partial charge in [0.15, 0.2) is 0 Å². The Morgan fingerprint density at radius 3 is 2.81 bits per heavy atom. The van der Waals surface area contributed by atoms with E-state index in [1.165, 1.54) is 25.7 Å². The van der Waals surface area contributed by atoms with E-state index in [9.17, 15) is 0 Å². The lowest BCUT2D eigenvalue weighted by Crippen LogP contribution is -2.45. The Hall–Kier alpha value is -0.940. The van der Waals surface area contributed by atoms with E-state index < -0.39 is 0 Å². The molecule has 120 valence electrons. The van der Waals surface area contributed by atoms with Crippen molar-refractivity contribution < 1.29 is 0 Å². The summed E-state index contributed by atoms with van der Waals surface area (Å²) >= 11 is 0. The SMILES string of the molecule is CCN(Cc1ncnn1CC(C)C)C1CCCCC1CN. The molecule has 2 atom stereocenters. The average Bonchev–Trinajstić information content (AvgIpc) is 2.91. The number of hydrogen-bond acceptors (Lipinski definition) is 4. The zero-order chi connectivity index (χ0) is 15.2. The largest absolute Gasteiger partial charge is 0.330 e. The molecule has 0 aliphatic heterocycles. The van der Waals surface area contributed by atoms with Crippen molar-refractivity contribution in [3.8, 4) is 0 Å². The third kappa shape index (κ3) is 4.27. The van der Waals surface area contributed by atoms with Gasteiger partial charge in [0.25, 0.3) is 0 Å². The van der Waals surface area contributed by atoms with E-state index >= 15 is 0 Å². The van der Waals surface area contributed by atoms with E-state index in [0.29, 0.717) is 17.9 Å². The summed E-state index contributed by atoms with van der Waals surface area (Å²) in [4.78, 5) is 7.03. The zero-order valence-corrected chi connectivity index (χ0v) is 13.8. The quantitative estimate of drug-likeness (QED) is 0.838. The Labute approximate surface area is 128 Å². The molecule has 1 fully saturated rings. The van der Waals surface area contributed by atoms with Crippen molar-refractivity contribution in [3.05, 3.63) is 12.2 Å². The molecule has 0 spiro atoms. The smallest absolute Gasteiger partial charge is 0.141 e. The molecule has 2 N–H and O–H groups in total. The van der Waals surface area contributed by atoms with Gasteiger partial charge in [-0.15, -0.1) is 0 Å². The highest BCUT2D eigenvalue weighted by atomic mass is 15.4. The van der Waals surface area contributed by atoms with Crippen LogP contribution in [-0.2, 0) is 13.1 Å². The number of rotatable bonds is 7. The fraction of sp³-hybridized carbons (Fsp3) is 0.875. The first-order valence-corrected chi connectivity index (χ1v) is 8.46. The van der Waals surface area contributed by atoms with Gasteiger partial charge >= 0.3 is 0 Å². The molecular formula is C16H31N5. The van der Waals surface area contributed by atoms with E-state index in [1.54, 1.807) is 6.33 Å². The fourth-order valence-corrected chi connectivity index (χ4v) is 3.50. The number of nitrogens with zero attached hydrogens (tertiary/aromatic N) is 4. The third-order valence-electron chi connectivity index (χ3n) is 4.63. The van der Waals surface area contributed by atoms with E-state index in [4.69, 9.17) is 5.73 Å². The van der Waals surface area contributed by atoms with Crippen molar-refractivity contribution >= 4 is 0 Å². The molecule has 1 aliphatic rings. The predicted octanol–water partition coefficient (Wildman–Crippen LogP) is 2.27. The molecule has 1 saturated carbocycles. The summed E-state index contributed by atoms with van der Waals surface area (Å²) < 4.78 is 2.06. The van der Waals surface area contributed by atoms with Gasteiger partial charge in [-0.2, -0.15) is 5.10 Å². The van der Waals surface area contributed by atoms with Crippen molar-refractivity contribution in [2.75, 3.05) is 13.1 Å². The molecule has 2 rings (SSSR count). The summed E-state index contributed by atoms with van der Waals surface area (Å²) in [5.41, 5.74) is 6.00. The minimum absolute atomic E-state index is 0.590. The van der Waals surface area contributed by atoms with E-state index in [0.717, 1.165) is 32.0 Å². The lowest BCUT2D eigenvalue weighted by atomic mass is 9.83. The average molecular weight is 293 g/mol. The maximum absolute atomic E-state index is 6.00. The molecule has 1 aromatic heterocycles. The third-order valence-corrected chi connectivity index (χ3v) is 4.63. The number of hydrogen-bond donors (Lipinski definition) is 1. The first-order valence-electron chi connectivity index (χ1n) is 8.46. The minimum atomic E-state index is 0.590. The zero-order valence-electron chi connectivity index (χ0n) is 13.8. The van der Waals surface area contributed by atoms with Crippen LogP contribution in [0, 0.1) is 11.8 Å². The Bertz CT molecular complexity index is 415. The number of nitrogens with two attached hydrogens (primary N) is 1. The molecule has 0 bridgehead atoms. The number of aromatic nitrogens is 3. The monoisotopic (exact) mass is 293 g/mol. The normalized spacial score (nSPS) is 23.1. The van der Waals surface area contributed by atoms with Crippen LogP contribution in [0.25, 0.3) is 0 Å². The molecule has 0 radical (unpaired) electrons. The van der Waals surface area contributed by atoms with Gasteiger partial charge < -0.3 is 5.73 Å². The highest BCUT2D eigenvalue weighted by molar-refractivity contribution is 4.90. The highest BCUT2D eigenvalue weighted by Gasteiger charge is 2.29. The van der Waals surface area contributed by atoms with Crippen molar-refractivity contribution in [3.63, 3.8) is 0 Å². The minimum Gasteiger partial charge on any atom is -0.330 e. The maximum Gasteiger partial charge on any atom is 0.141 e. The lowest BCUT2D eigenvalue weighted by molar-refractivity contribution is 0.101. The van der Waals surface area contributed by atoms with Crippen LogP contribution in [0.4, 0.5) is 0 Å². The van der Waals surface area contributed by atoms with Crippen LogP contribution in [0.2, 0.25) is 0 Å². The van der Waals surface area contributed by atoms with E-state index in [1.807, 2.05) is 0 Å². The predicted molar refractivity (Wildman–Crippen MR) is 85.7 cm³/mol. The van der Waals surface area contributed by atoms with Gasteiger partial charge in [-0.25, -0.2) is 9.67 Å². The lowest BCUT2D eigenvalue weighted by Gasteiger charge is -2.39. The standard InChI is InChI=1S/C16H31N5/c1-4-20(15-8-6-5-7-14(15)9-17)11-16-18-12-19-21(16)10-13(2)3/h12-15H,4-11,17H2,1-3H3. The summed E-state index contributed by atoms with van der Waals surface area (Å²) in [5.74, 6) is 2.32. The molecule has 5 heteroatoms. The summed E-state index contributed by atoms with van der Waals surface area (Å²) in [6.07, 6.45) is 6.90. The molecule has 0 amide bonds. The van der Waals surface area contributed by atoms with Gasteiger partial charge in [-0.1, -0.05) is 33.6 Å². The summed E-state index contributed by atoms with van der Waals surface area (Å²) in [6, 6.07) is 0.609. The van der Waals surface area contributed by atoms with Crippen LogP contribution in [-0.4, -0.2) is 38.8 Å². The summed E-state index contributed by atoms with van der Waals surface area (Å²) in [7, 11) is 0. The van der Waals surface area contributed by atoms with Crippen molar-refractivity contribution in [1.29, 1.82) is 0 Å². The van der Waals surface area contributed by atoms with Gasteiger partial charge in [-0.3, -0.25) is 4.90 Å². The van der Waals surface area contributed by atoms with Crippen molar-refractivity contribution in [2.24, 2.45) is 17.6 Å². The van der Waals surface area contributed by atoms with Crippen molar-refractivity contribution in [2.45, 2.75) is 65.6 Å². The molecular weight excluding hydrogens is 262 g/mol. The van der Waals surface area contributed by atoms with Crippen molar-refractivity contribution in [1.82, 2.24) is 19.7 Å². The van der Waals surface area contributed by atoms with Crippen LogP contribution < -0.4 is 5.73 Å². The molecule has 1 aliphatic carbocycles. The Balaban J connectivity index is 2.06. The molecule has 1 aromatic rings. The topological polar surface area (TPSA) is 60.0 Å². The second kappa shape index (κ2) is 7.90. The van der Waals surface area contributed by atoms with Gasteiger partial charge in [0, 0.05) is 12.6 Å². The van der Waals surface area contributed by atoms with Gasteiger partial charge in [0.05, 0.1) is 6.54 Å². The van der Waals surface area contributed by atoms with Crippen LogP contribution >= 0.6 is 0 Å². The van der Waals surface area contributed by atoms with Gasteiger partial charge in [0.2, 0.25) is 0 Å². The first kappa shape index (κ1) is 16.4. The molecule has 2 unspecified atom stereocenters. The summed E-state index contributed by atoms with van der Waals surface area (Å²) in [6.45, 7) is 10.4. The first-order chi connectivity index (χ1) is 10.2.